The van der Waals surface area contributed by atoms with Crippen LogP contribution in [0.5, 0.6) is 51.7 Å². The average Bonchev–Trinajstić information content (AvgIpc) is 3.23. The standard InChI is InChI=1S/C14H17IN4O2.C11H15IO2.C11H17NO2.C10H13IO2.BBr3/c1-7(2)12-9(20-3)4-8(15)5-10(12)21-11-6-18-14(17)19-13(11)16;2*1-7(2)11-9(13-3)5-8(12)6-10(11)14-4;1-6(2)10-8(12)4-7(11)5-9(10)13-3;2-1(3)4/h4-7H,1-3H3,(H4,16,17,18,19);5-7H,1-4H3;5-7H,12H2,1-4H3;4-6,12H,1-3H3;. The van der Waals surface area contributed by atoms with Crippen molar-refractivity contribution in [2.75, 3.05) is 59.9 Å². The zero-order valence-electron chi connectivity index (χ0n) is 39.8. The normalized spacial score (nSPS) is 10.3. The van der Waals surface area contributed by atoms with Gasteiger partial charge >= 0.3 is 3.18 Å². The molecule has 5 rings (SSSR count). The lowest BCUT2D eigenvalue weighted by atomic mass is 10.0. The first-order valence-electron chi connectivity index (χ1n) is 20.3. The van der Waals surface area contributed by atoms with Gasteiger partial charge in [-0.15, -0.1) is 47.3 Å². The van der Waals surface area contributed by atoms with Crippen LogP contribution < -0.4 is 50.4 Å². The van der Waals surface area contributed by atoms with E-state index in [2.05, 4.69) is 167 Å². The number of phenols is 1. The summed E-state index contributed by atoms with van der Waals surface area (Å²) in [6.07, 6.45) is 1.47. The Labute approximate surface area is 457 Å². The summed E-state index contributed by atoms with van der Waals surface area (Å²) in [4.78, 5) is 7.80. The van der Waals surface area contributed by atoms with Crippen LogP contribution in [0.25, 0.3) is 0 Å². The van der Waals surface area contributed by atoms with E-state index in [4.69, 9.17) is 50.4 Å². The number of aromatic hydroxyl groups is 1. The van der Waals surface area contributed by atoms with Crippen LogP contribution >= 0.6 is 115 Å². The topological polar surface area (TPSA) is 189 Å². The molecular weight excluding hydrogens is 1380 g/mol. The van der Waals surface area contributed by atoms with Gasteiger partial charge in [-0.3, -0.25) is 0 Å². The van der Waals surface area contributed by atoms with Crippen molar-refractivity contribution in [3.63, 3.8) is 0 Å². The van der Waals surface area contributed by atoms with Crippen LogP contribution in [0.4, 0.5) is 17.5 Å². The summed E-state index contributed by atoms with van der Waals surface area (Å²) in [6, 6.07) is 15.3. The smallest absolute Gasteiger partial charge is 0.369 e. The number of nitrogen functional groups attached to an aromatic ring is 3. The molecule has 5 aromatic rings. The van der Waals surface area contributed by atoms with Gasteiger partial charge in [0.05, 0.1) is 48.9 Å². The first-order valence-corrected chi connectivity index (χ1v) is 26.2. The summed E-state index contributed by atoms with van der Waals surface area (Å²) in [5.41, 5.74) is 21.7. The zero-order valence-corrected chi connectivity index (χ0v) is 51.0. The molecule has 20 heteroatoms. The fraction of sp³-hybridized carbons (Fsp3) is 0.391. The highest BCUT2D eigenvalue weighted by Gasteiger charge is 2.19. The summed E-state index contributed by atoms with van der Waals surface area (Å²) in [5, 5.41) is 9.69. The lowest BCUT2D eigenvalue weighted by molar-refractivity contribution is 0.381. The Kier molecular flexibility index (Phi) is 28.7. The highest BCUT2D eigenvalue weighted by molar-refractivity contribution is 14.1. The number of nitrogens with two attached hydrogens (primary N) is 3. The monoisotopic (exact) mass is 1440 g/mol. The largest absolute Gasteiger partial charge is 0.507 e. The number of anilines is 3. The van der Waals surface area contributed by atoms with Gasteiger partial charge in [-0.1, -0.05) is 55.4 Å². The fourth-order valence-corrected chi connectivity index (χ4v) is 8.03. The van der Waals surface area contributed by atoms with E-state index in [1.807, 2.05) is 56.3 Å². The molecule has 364 valence electrons. The second-order valence-corrected chi connectivity index (χ2v) is 25.2. The number of ether oxygens (including phenoxy) is 7. The Morgan fingerprint density at radius 1 is 0.485 bits per heavy atom. The Balaban J connectivity index is 0.000000436. The van der Waals surface area contributed by atoms with Crippen LogP contribution in [-0.2, 0) is 0 Å². The van der Waals surface area contributed by atoms with Crippen molar-refractivity contribution in [3.8, 4) is 51.7 Å². The zero-order chi connectivity index (χ0) is 50.6. The van der Waals surface area contributed by atoms with Crippen LogP contribution in [0, 0.1) is 10.7 Å². The molecule has 0 fully saturated rings. The molecule has 1 aromatic heterocycles. The molecule has 0 atom stereocenters. The fourth-order valence-electron chi connectivity index (χ4n) is 6.32. The van der Waals surface area contributed by atoms with Gasteiger partial charge in [0.2, 0.25) is 5.95 Å². The van der Waals surface area contributed by atoms with Gasteiger partial charge in [0.25, 0.3) is 0 Å². The van der Waals surface area contributed by atoms with Crippen molar-refractivity contribution in [2.45, 2.75) is 79.1 Å². The molecule has 0 bridgehead atoms. The molecule has 1 heterocycles. The number of halogens is 6. The van der Waals surface area contributed by atoms with Crippen LogP contribution in [0.3, 0.4) is 0 Å². The summed E-state index contributed by atoms with van der Waals surface area (Å²) >= 11 is 15.9. The van der Waals surface area contributed by atoms with Crippen molar-refractivity contribution in [3.05, 3.63) is 87.7 Å². The molecule has 0 saturated carbocycles. The Hall–Kier alpha value is -2.55. The van der Waals surface area contributed by atoms with Crippen LogP contribution in [0.2, 0.25) is 0 Å². The molecule has 66 heavy (non-hydrogen) atoms. The molecule has 0 aliphatic rings. The molecule has 0 radical (unpaired) electrons. The maximum absolute atomic E-state index is 9.69. The minimum absolute atomic E-state index is 0.115. The molecule has 0 amide bonds. The molecular formula is C46H62BBr3I3N5O8. The third-order valence-corrected chi connectivity index (χ3v) is 10.9. The summed E-state index contributed by atoms with van der Waals surface area (Å²) < 4.78 is 41.1. The molecule has 0 spiro atoms. The van der Waals surface area contributed by atoms with Crippen molar-refractivity contribution in [1.82, 2.24) is 9.97 Å². The van der Waals surface area contributed by atoms with Crippen LogP contribution in [0.1, 0.15) is 101 Å². The van der Waals surface area contributed by atoms with Crippen molar-refractivity contribution in [2.24, 2.45) is 0 Å². The SMILES string of the molecule is BrB(Br)Br.COc1cc(I)cc(O)c1C(C)C.COc1cc(I)cc(OC)c1C(C)C.COc1cc(I)cc(Oc2cnc(N)nc2N)c1C(C)C.COc1cc(N)cc(OC)c1C(C)C. The Morgan fingerprint density at radius 2 is 0.773 bits per heavy atom. The lowest BCUT2D eigenvalue weighted by Crippen LogP contribution is -2.04. The van der Waals surface area contributed by atoms with E-state index in [1.54, 1.807) is 48.7 Å². The number of methoxy groups -OCH3 is 6. The third-order valence-electron chi connectivity index (χ3n) is 9.00. The Morgan fingerprint density at radius 3 is 1.09 bits per heavy atom. The first-order chi connectivity index (χ1) is 30.9. The van der Waals surface area contributed by atoms with Crippen LogP contribution in [0.15, 0.2) is 54.7 Å². The third kappa shape index (κ3) is 19.8. The van der Waals surface area contributed by atoms with Gasteiger partial charge in [0.1, 0.15) is 46.0 Å². The van der Waals surface area contributed by atoms with Gasteiger partial charge in [-0.05, 0) is 128 Å². The second-order valence-electron chi connectivity index (χ2n) is 15.1. The predicted octanol–water partition coefficient (Wildman–Crippen LogP) is 14.3. The predicted molar refractivity (Wildman–Crippen MR) is 309 cm³/mol. The molecule has 0 saturated heterocycles. The van der Waals surface area contributed by atoms with Gasteiger partial charge < -0.3 is 55.5 Å². The number of aromatic nitrogens is 2. The van der Waals surface area contributed by atoms with E-state index in [-0.39, 0.29) is 26.8 Å². The number of nitrogens with zero attached hydrogens (tertiary/aromatic N) is 2. The minimum atomic E-state index is 0.115. The maximum Gasteiger partial charge on any atom is 0.369 e. The molecule has 0 aliphatic heterocycles. The van der Waals surface area contributed by atoms with Crippen molar-refractivity contribution in [1.29, 1.82) is 0 Å². The molecule has 7 N–H and O–H groups in total. The van der Waals surface area contributed by atoms with E-state index >= 15 is 0 Å². The van der Waals surface area contributed by atoms with Crippen molar-refractivity contribution < 1.29 is 38.3 Å². The summed E-state index contributed by atoms with van der Waals surface area (Å²) in [7, 11) is 9.92. The highest BCUT2D eigenvalue weighted by atomic mass is 127. The van der Waals surface area contributed by atoms with E-state index in [0.29, 0.717) is 34.8 Å². The van der Waals surface area contributed by atoms with Gasteiger partial charge in [-0.2, -0.15) is 4.98 Å². The molecule has 13 nitrogen and oxygen atoms in total. The number of rotatable bonds is 12. The van der Waals surface area contributed by atoms with E-state index in [9.17, 15) is 5.11 Å². The average molecular weight is 1440 g/mol. The molecule has 4 aromatic carbocycles. The second kappa shape index (κ2) is 30.8. The van der Waals surface area contributed by atoms with Gasteiger partial charge in [0, 0.05) is 50.8 Å². The van der Waals surface area contributed by atoms with Gasteiger partial charge in [0.15, 0.2) is 11.6 Å². The van der Waals surface area contributed by atoms with E-state index in [1.165, 1.54) is 6.20 Å². The molecule has 0 aliphatic carbocycles. The maximum atomic E-state index is 9.69. The molecule has 0 unspecified atom stereocenters. The van der Waals surface area contributed by atoms with Crippen LogP contribution in [-0.4, -0.2) is 60.9 Å². The van der Waals surface area contributed by atoms with E-state index in [0.717, 1.165) is 67.5 Å². The van der Waals surface area contributed by atoms with Crippen molar-refractivity contribution >= 4 is 136 Å². The Bertz CT molecular complexity index is 2180. The summed E-state index contributed by atoms with van der Waals surface area (Å²) in [5.74, 6) is 7.86. The highest BCUT2D eigenvalue weighted by Crippen LogP contribution is 2.41. The summed E-state index contributed by atoms with van der Waals surface area (Å²) in [6.45, 7) is 16.7. The quantitative estimate of drug-likeness (QED) is 0.0525. The number of phenolic OH excluding ortho intramolecular Hbond substituents is 1. The minimum Gasteiger partial charge on any atom is -0.507 e. The number of hydrogen-bond donors (Lipinski definition) is 4. The number of benzene rings is 4. The number of hydrogen-bond acceptors (Lipinski definition) is 13. The first kappa shape index (κ1) is 61.5. The van der Waals surface area contributed by atoms with Gasteiger partial charge in [-0.25, -0.2) is 4.98 Å². The lowest BCUT2D eigenvalue weighted by Gasteiger charge is -2.18. The van der Waals surface area contributed by atoms with E-state index < -0.39 is 0 Å².